The molecule has 0 spiro atoms. The topological polar surface area (TPSA) is 26.3 Å². The quantitative estimate of drug-likeness (QED) is 0.738. The van der Waals surface area contributed by atoms with Gasteiger partial charge in [-0.15, -0.1) is 0 Å². The maximum atomic E-state index is 11.2. The van der Waals surface area contributed by atoms with E-state index in [0.717, 1.165) is 11.5 Å². The average Bonchev–Trinajstić information content (AvgIpc) is 2.28. The number of carbonyl (C=O) groups excluding carboxylic acids is 1. The zero-order valence-electron chi connectivity index (χ0n) is 10.0. The summed E-state index contributed by atoms with van der Waals surface area (Å²) in [6.07, 6.45) is 0. The summed E-state index contributed by atoms with van der Waals surface area (Å²) in [7, 11) is 1.43. The van der Waals surface area contributed by atoms with Crippen molar-refractivity contribution < 1.29 is 9.53 Å². The zero-order valence-corrected chi connectivity index (χ0v) is 10.8. The van der Waals surface area contributed by atoms with Gasteiger partial charge in [-0.1, -0.05) is 36.8 Å². The Balaban J connectivity index is 2.33. The van der Waals surface area contributed by atoms with Crippen LogP contribution in [0, 0.1) is 12.8 Å². The van der Waals surface area contributed by atoms with Crippen LogP contribution in [-0.2, 0) is 15.3 Å². The first-order chi connectivity index (χ1) is 7.63. The summed E-state index contributed by atoms with van der Waals surface area (Å²) in [6, 6.07) is 8.44. The van der Waals surface area contributed by atoms with Gasteiger partial charge in [0.25, 0.3) is 0 Å². The number of esters is 1. The van der Waals surface area contributed by atoms with Crippen molar-refractivity contribution >= 4 is 17.7 Å². The lowest BCUT2D eigenvalue weighted by Gasteiger charge is -2.08. The number of benzene rings is 1. The van der Waals surface area contributed by atoms with Gasteiger partial charge in [0.1, 0.15) is 0 Å². The Morgan fingerprint density at radius 2 is 2.25 bits per heavy atom. The lowest BCUT2D eigenvalue weighted by Crippen LogP contribution is -2.14. The van der Waals surface area contributed by atoms with Gasteiger partial charge in [-0.05, 0) is 12.5 Å². The van der Waals surface area contributed by atoms with Crippen molar-refractivity contribution in [1.29, 1.82) is 0 Å². The summed E-state index contributed by atoms with van der Waals surface area (Å²) < 4.78 is 4.68. The molecule has 0 N–H and O–H groups in total. The van der Waals surface area contributed by atoms with Crippen molar-refractivity contribution in [3.63, 3.8) is 0 Å². The van der Waals surface area contributed by atoms with Crippen molar-refractivity contribution in [3.8, 4) is 0 Å². The molecule has 1 aromatic carbocycles. The van der Waals surface area contributed by atoms with Gasteiger partial charge in [0.15, 0.2) is 0 Å². The third-order valence-electron chi connectivity index (χ3n) is 2.32. The predicted octanol–water partition coefficient (Wildman–Crippen LogP) is 3.04. The van der Waals surface area contributed by atoms with Crippen LogP contribution in [0.1, 0.15) is 18.1 Å². The molecular formula is C13H18O2S. The Bertz CT molecular complexity index is 350. The summed E-state index contributed by atoms with van der Waals surface area (Å²) in [5, 5.41) is 0. The standard InChI is InChI=1S/C13H18O2S/c1-10-5-4-6-12(7-10)9-16-8-11(2)13(14)15-3/h4-7,11H,8-9H2,1-3H3. The van der Waals surface area contributed by atoms with E-state index in [4.69, 9.17) is 0 Å². The fourth-order valence-corrected chi connectivity index (χ4v) is 2.45. The average molecular weight is 238 g/mol. The molecule has 1 rings (SSSR count). The fraction of sp³-hybridized carbons (Fsp3) is 0.462. The molecule has 0 fully saturated rings. The van der Waals surface area contributed by atoms with Crippen LogP contribution in [0.5, 0.6) is 0 Å². The molecule has 88 valence electrons. The number of hydrogen-bond acceptors (Lipinski definition) is 3. The second-order valence-corrected chi connectivity index (χ2v) is 4.96. The lowest BCUT2D eigenvalue weighted by molar-refractivity contribution is -0.143. The number of rotatable bonds is 5. The minimum Gasteiger partial charge on any atom is -0.469 e. The van der Waals surface area contributed by atoms with E-state index in [0.29, 0.717) is 0 Å². The molecular weight excluding hydrogens is 220 g/mol. The number of thioether (sulfide) groups is 1. The number of methoxy groups -OCH3 is 1. The van der Waals surface area contributed by atoms with Crippen LogP contribution in [0.15, 0.2) is 24.3 Å². The van der Waals surface area contributed by atoms with Gasteiger partial charge in [0.2, 0.25) is 0 Å². The van der Waals surface area contributed by atoms with E-state index in [-0.39, 0.29) is 11.9 Å². The highest BCUT2D eigenvalue weighted by Crippen LogP contribution is 2.16. The molecule has 1 aromatic rings. The fourth-order valence-electron chi connectivity index (χ4n) is 1.42. The van der Waals surface area contributed by atoms with Crippen molar-refractivity contribution in [2.75, 3.05) is 12.9 Å². The van der Waals surface area contributed by atoms with E-state index < -0.39 is 0 Å². The van der Waals surface area contributed by atoms with Gasteiger partial charge in [-0.25, -0.2) is 0 Å². The molecule has 0 radical (unpaired) electrons. The Labute approximate surface area is 101 Å². The number of hydrogen-bond donors (Lipinski definition) is 0. The molecule has 0 aliphatic heterocycles. The largest absolute Gasteiger partial charge is 0.469 e. The molecule has 1 atom stereocenters. The molecule has 0 bridgehead atoms. The summed E-state index contributed by atoms with van der Waals surface area (Å²) in [5.41, 5.74) is 2.58. The third-order valence-corrected chi connectivity index (χ3v) is 3.60. The van der Waals surface area contributed by atoms with Gasteiger partial charge in [-0.2, -0.15) is 11.8 Å². The maximum Gasteiger partial charge on any atom is 0.309 e. The van der Waals surface area contributed by atoms with E-state index in [1.54, 1.807) is 11.8 Å². The first kappa shape index (κ1) is 13.1. The minimum atomic E-state index is -0.128. The predicted molar refractivity (Wildman–Crippen MR) is 68.5 cm³/mol. The minimum absolute atomic E-state index is 0.0280. The normalized spacial score (nSPS) is 12.2. The first-order valence-electron chi connectivity index (χ1n) is 5.34. The molecule has 0 heterocycles. The highest BCUT2D eigenvalue weighted by atomic mass is 32.2. The van der Waals surface area contributed by atoms with E-state index in [1.165, 1.54) is 18.2 Å². The summed E-state index contributed by atoms with van der Waals surface area (Å²) in [6.45, 7) is 3.99. The van der Waals surface area contributed by atoms with E-state index in [9.17, 15) is 4.79 Å². The van der Waals surface area contributed by atoms with E-state index in [2.05, 4.69) is 35.9 Å². The van der Waals surface area contributed by atoms with Crippen LogP contribution in [0.3, 0.4) is 0 Å². The maximum absolute atomic E-state index is 11.2. The molecule has 3 heteroatoms. The monoisotopic (exact) mass is 238 g/mol. The van der Waals surface area contributed by atoms with E-state index >= 15 is 0 Å². The molecule has 1 unspecified atom stereocenters. The van der Waals surface area contributed by atoms with Gasteiger partial charge >= 0.3 is 5.97 Å². The molecule has 0 amide bonds. The summed E-state index contributed by atoms with van der Waals surface area (Å²) >= 11 is 1.77. The second-order valence-electron chi connectivity index (χ2n) is 3.93. The Kier molecular flexibility index (Phi) is 5.39. The van der Waals surface area contributed by atoms with Crippen LogP contribution < -0.4 is 0 Å². The molecule has 0 saturated carbocycles. The SMILES string of the molecule is COC(=O)C(C)CSCc1cccc(C)c1. The van der Waals surface area contributed by atoms with Gasteiger partial charge < -0.3 is 4.74 Å². The lowest BCUT2D eigenvalue weighted by atomic mass is 10.2. The first-order valence-corrected chi connectivity index (χ1v) is 6.50. The van der Waals surface area contributed by atoms with Crippen molar-refractivity contribution in [2.24, 2.45) is 5.92 Å². The Morgan fingerprint density at radius 3 is 2.88 bits per heavy atom. The van der Waals surface area contributed by atoms with Crippen LogP contribution in [0.25, 0.3) is 0 Å². The second kappa shape index (κ2) is 6.59. The van der Waals surface area contributed by atoms with Crippen molar-refractivity contribution in [3.05, 3.63) is 35.4 Å². The Hall–Kier alpha value is -0.960. The van der Waals surface area contributed by atoms with Crippen molar-refractivity contribution in [2.45, 2.75) is 19.6 Å². The summed E-state index contributed by atoms with van der Waals surface area (Å²) in [5.74, 6) is 1.60. The van der Waals surface area contributed by atoms with Gasteiger partial charge in [0.05, 0.1) is 13.0 Å². The van der Waals surface area contributed by atoms with Gasteiger partial charge in [0, 0.05) is 11.5 Å². The zero-order chi connectivity index (χ0) is 12.0. The van der Waals surface area contributed by atoms with Crippen LogP contribution in [0.2, 0.25) is 0 Å². The number of ether oxygens (including phenoxy) is 1. The molecule has 0 saturated heterocycles. The summed E-state index contributed by atoms with van der Waals surface area (Å²) in [4.78, 5) is 11.2. The highest BCUT2D eigenvalue weighted by Gasteiger charge is 2.12. The van der Waals surface area contributed by atoms with Crippen LogP contribution in [0.4, 0.5) is 0 Å². The molecule has 0 aliphatic carbocycles. The smallest absolute Gasteiger partial charge is 0.309 e. The van der Waals surface area contributed by atoms with Crippen LogP contribution >= 0.6 is 11.8 Å². The van der Waals surface area contributed by atoms with E-state index in [1.807, 2.05) is 6.92 Å². The molecule has 2 nitrogen and oxygen atoms in total. The third kappa shape index (κ3) is 4.27. The highest BCUT2D eigenvalue weighted by molar-refractivity contribution is 7.98. The molecule has 0 aliphatic rings. The molecule has 16 heavy (non-hydrogen) atoms. The molecule has 0 aromatic heterocycles. The van der Waals surface area contributed by atoms with Crippen molar-refractivity contribution in [1.82, 2.24) is 0 Å². The van der Waals surface area contributed by atoms with Gasteiger partial charge in [-0.3, -0.25) is 4.79 Å². The van der Waals surface area contributed by atoms with Crippen LogP contribution in [-0.4, -0.2) is 18.8 Å². The number of aryl methyl sites for hydroxylation is 1. The number of carbonyl (C=O) groups is 1. The Morgan fingerprint density at radius 1 is 1.50 bits per heavy atom.